The molecule has 2 rings (SSSR count). The van der Waals surface area contributed by atoms with Gasteiger partial charge in [-0.1, -0.05) is 30.4 Å². The molecule has 0 unspecified atom stereocenters. The third-order valence-corrected chi connectivity index (χ3v) is 4.55. The van der Waals surface area contributed by atoms with Crippen LogP contribution in [0.15, 0.2) is 24.3 Å². The fraction of sp³-hybridized carbons (Fsp3) is 0.286. The number of anilines is 2. The molecule has 1 aromatic carbocycles. The van der Waals surface area contributed by atoms with Crippen LogP contribution in [0.4, 0.5) is 15.2 Å². The summed E-state index contributed by atoms with van der Waals surface area (Å²) in [6, 6.07) is 5.92. The number of nitrogens with one attached hydrogen (secondary N) is 2. The average Bonchev–Trinajstić information content (AvgIpc) is 2.97. The van der Waals surface area contributed by atoms with Gasteiger partial charge in [0.2, 0.25) is 16.9 Å². The van der Waals surface area contributed by atoms with E-state index in [0.717, 1.165) is 23.2 Å². The summed E-state index contributed by atoms with van der Waals surface area (Å²) in [5.41, 5.74) is 0.128. The third-order valence-electron chi connectivity index (χ3n) is 2.63. The van der Waals surface area contributed by atoms with Crippen LogP contribution in [0.3, 0.4) is 0 Å². The van der Waals surface area contributed by atoms with Gasteiger partial charge in [-0.05, 0) is 18.6 Å². The van der Waals surface area contributed by atoms with E-state index in [9.17, 15) is 14.0 Å². The molecule has 0 atom stereocenters. The summed E-state index contributed by atoms with van der Waals surface area (Å²) in [6.07, 6.45) is 0.762. The summed E-state index contributed by atoms with van der Waals surface area (Å²) >= 11 is 2.46. The highest BCUT2D eigenvalue weighted by molar-refractivity contribution is 8.00. The minimum absolute atomic E-state index is 0.0537. The van der Waals surface area contributed by atoms with E-state index in [2.05, 4.69) is 20.8 Å². The molecule has 6 nitrogen and oxygen atoms in total. The van der Waals surface area contributed by atoms with E-state index in [1.165, 1.54) is 23.5 Å². The number of para-hydroxylation sites is 1. The Balaban J connectivity index is 1.70. The van der Waals surface area contributed by atoms with Crippen molar-refractivity contribution in [2.45, 2.75) is 13.3 Å². The topological polar surface area (TPSA) is 84.0 Å². The predicted octanol–water partition coefficient (Wildman–Crippen LogP) is 2.55. The number of carbonyl (C=O) groups is 2. The normalized spacial score (nSPS) is 10.3. The summed E-state index contributed by atoms with van der Waals surface area (Å²) in [5.74, 6) is -0.958. The van der Waals surface area contributed by atoms with Crippen molar-refractivity contribution in [3.8, 4) is 0 Å². The molecule has 0 saturated heterocycles. The number of benzene rings is 1. The molecule has 0 aliphatic heterocycles. The first kappa shape index (κ1) is 17.4. The minimum Gasteiger partial charge on any atom is -0.323 e. The molecule has 0 aliphatic rings. The van der Waals surface area contributed by atoms with Crippen LogP contribution in [-0.4, -0.2) is 33.5 Å². The Morgan fingerprint density at radius 2 is 1.87 bits per heavy atom. The van der Waals surface area contributed by atoms with Crippen molar-refractivity contribution < 1.29 is 14.0 Å². The maximum absolute atomic E-state index is 13.4. The lowest BCUT2D eigenvalue weighted by Crippen LogP contribution is -2.18. The summed E-state index contributed by atoms with van der Waals surface area (Å²) in [7, 11) is 0. The van der Waals surface area contributed by atoms with E-state index in [1.54, 1.807) is 12.1 Å². The van der Waals surface area contributed by atoms with Crippen LogP contribution in [0.5, 0.6) is 0 Å². The first-order valence-corrected chi connectivity index (χ1v) is 8.80. The molecule has 0 fully saturated rings. The molecule has 1 heterocycles. The molecule has 0 spiro atoms. The Kier molecular flexibility index (Phi) is 6.48. The Labute approximate surface area is 140 Å². The number of hydrogen-bond acceptors (Lipinski definition) is 6. The third kappa shape index (κ3) is 5.61. The summed E-state index contributed by atoms with van der Waals surface area (Å²) < 4.78 is 13.4. The lowest BCUT2D eigenvalue weighted by Gasteiger charge is -2.05. The predicted molar refractivity (Wildman–Crippen MR) is 90.3 cm³/mol. The first-order chi connectivity index (χ1) is 11.1. The zero-order valence-corrected chi connectivity index (χ0v) is 14.0. The van der Waals surface area contributed by atoms with Gasteiger partial charge < -0.3 is 5.32 Å². The van der Waals surface area contributed by atoms with Crippen LogP contribution < -0.4 is 10.6 Å². The Morgan fingerprint density at radius 1 is 1.17 bits per heavy atom. The Hall–Kier alpha value is -2.00. The van der Waals surface area contributed by atoms with Gasteiger partial charge in [0.05, 0.1) is 17.2 Å². The van der Waals surface area contributed by atoms with Crippen LogP contribution >= 0.6 is 23.1 Å². The summed E-state index contributed by atoms with van der Waals surface area (Å²) in [4.78, 5) is 23.4. The maximum atomic E-state index is 13.4. The number of hydrogen-bond donors (Lipinski definition) is 2. The van der Waals surface area contributed by atoms with Crippen molar-refractivity contribution in [2.75, 3.05) is 22.1 Å². The van der Waals surface area contributed by atoms with E-state index in [0.29, 0.717) is 5.13 Å². The zero-order chi connectivity index (χ0) is 16.7. The van der Waals surface area contributed by atoms with E-state index >= 15 is 0 Å². The van der Waals surface area contributed by atoms with Crippen LogP contribution in [0.1, 0.15) is 11.9 Å². The van der Waals surface area contributed by atoms with Gasteiger partial charge in [-0.3, -0.25) is 14.9 Å². The van der Waals surface area contributed by atoms with Crippen LogP contribution in [-0.2, 0) is 16.0 Å². The quantitative estimate of drug-likeness (QED) is 0.798. The molecule has 2 aromatic rings. The lowest BCUT2D eigenvalue weighted by atomic mass is 10.3. The number of halogens is 1. The van der Waals surface area contributed by atoms with Crippen LogP contribution in [0.2, 0.25) is 0 Å². The number of rotatable bonds is 7. The molecule has 0 aliphatic carbocycles. The average molecular weight is 354 g/mol. The van der Waals surface area contributed by atoms with Gasteiger partial charge >= 0.3 is 0 Å². The standard InChI is InChI=1S/C14H15FN4O2S2/c1-2-13-18-19-14(23-13)17-12(21)8-22-7-11(20)16-10-6-4-3-5-9(10)15/h3-6H,2,7-8H2,1H3,(H,16,20)(H,17,19,21). The molecule has 9 heteroatoms. The Morgan fingerprint density at radius 3 is 2.52 bits per heavy atom. The Bertz CT molecular complexity index is 693. The van der Waals surface area contributed by atoms with Gasteiger partial charge in [0, 0.05) is 0 Å². The van der Waals surface area contributed by atoms with Crippen molar-refractivity contribution in [3.63, 3.8) is 0 Å². The van der Waals surface area contributed by atoms with Crippen LogP contribution in [0.25, 0.3) is 0 Å². The number of carbonyl (C=O) groups excluding carboxylic acids is 2. The molecule has 0 saturated carbocycles. The van der Waals surface area contributed by atoms with Crippen molar-refractivity contribution in [1.29, 1.82) is 0 Å². The second kappa shape index (κ2) is 8.59. The molecule has 2 N–H and O–H groups in total. The molecule has 0 bridgehead atoms. The fourth-order valence-corrected chi connectivity index (χ4v) is 2.90. The van der Waals surface area contributed by atoms with Gasteiger partial charge in [0.25, 0.3) is 0 Å². The van der Waals surface area contributed by atoms with Crippen molar-refractivity contribution in [3.05, 3.63) is 35.1 Å². The van der Waals surface area contributed by atoms with Crippen LogP contribution in [0, 0.1) is 5.82 Å². The lowest BCUT2D eigenvalue weighted by molar-refractivity contribution is -0.114. The van der Waals surface area contributed by atoms with E-state index in [1.807, 2.05) is 6.92 Å². The monoisotopic (exact) mass is 354 g/mol. The fourth-order valence-electron chi connectivity index (χ4n) is 1.59. The van der Waals surface area contributed by atoms with Gasteiger partial charge in [-0.15, -0.1) is 22.0 Å². The highest BCUT2D eigenvalue weighted by atomic mass is 32.2. The smallest absolute Gasteiger partial charge is 0.236 e. The zero-order valence-electron chi connectivity index (χ0n) is 12.3. The molecular weight excluding hydrogens is 339 g/mol. The van der Waals surface area contributed by atoms with E-state index in [4.69, 9.17) is 0 Å². The second-order valence-corrected chi connectivity index (χ2v) is 6.47. The maximum Gasteiger partial charge on any atom is 0.236 e. The van der Waals surface area contributed by atoms with Crippen molar-refractivity contribution in [2.24, 2.45) is 0 Å². The molecule has 122 valence electrons. The molecule has 1 aromatic heterocycles. The van der Waals surface area contributed by atoms with E-state index < -0.39 is 5.82 Å². The first-order valence-electron chi connectivity index (χ1n) is 6.83. The highest BCUT2D eigenvalue weighted by Gasteiger charge is 2.10. The van der Waals surface area contributed by atoms with Crippen molar-refractivity contribution in [1.82, 2.24) is 10.2 Å². The number of aromatic nitrogens is 2. The number of amides is 2. The number of aryl methyl sites for hydroxylation is 1. The summed E-state index contributed by atoms with van der Waals surface area (Å²) in [6.45, 7) is 1.95. The largest absolute Gasteiger partial charge is 0.323 e. The molecular formula is C14H15FN4O2S2. The number of thioether (sulfide) groups is 1. The minimum atomic E-state index is -0.494. The summed E-state index contributed by atoms with van der Waals surface area (Å²) in [5, 5.41) is 14.1. The van der Waals surface area contributed by atoms with Crippen molar-refractivity contribution >= 4 is 45.7 Å². The van der Waals surface area contributed by atoms with E-state index in [-0.39, 0.29) is 29.0 Å². The SMILES string of the molecule is CCc1nnc(NC(=O)CSCC(=O)Nc2ccccc2F)s1. The van der Waals surface area contributed by atoms with Gasteiger partial charge in [-0.2, -0.15) is 0 Å². The molecule has 2 amide bonds. The number of nitrogens with zero attached hydrogens (tertiary/aromatic N) is 2. The van der Waals surface area contributed by atoms with Gasteiger partial charge in [-0.25, -0.2) is 4.39 Å². The molecule has 23 heavy (non-hydrogen) atoms. The van der Waals surface area contributed by atoms with Gasteiger partial charge in [0.15, 0.2) is 0 Å². The highest BCUT2D eigenvalue weighted by Crippen LogP contribution is 2.16. The second-order valence-electron chi connectivity index (χ2n) is 4.42. The van der Waals surface area contributed by atoms with Gasteiger partial charge in [0.1, 0.15) is 10.8 Å². The molecule has 0 radical (unpaired) electrons.